The van der Waals surface area contributed by atoms with Crippen molar-refractivity contribution in [3.63, 3.8) is 0 Å². The van der Waals surface area contributed by atoms with Gasteiger partial charge in [0.25, 0.3) is 5.56 Å². The van der Waals surface area contributed by atoms with E-state index in [1.54, 1.807) is 0 Å². The van der Waals surface area contributed by atoms with E-state index in [1.165, 1.54) is 23.4 Å². The monoisotopic (exact) mass is 372 g/mol. The van der Waals surface area contributed by atoms with Crippen molar-refractivity contribution >= 4 is 27.7 Å². The number of nitrogens with one attached hydrogen (secondary N) is 1. The predicted molar refractivity (Wildman–Crippen MR) is 94.0 cm³/mol. The zero-order valence-corrected chi connectivity index (χ0v) is 14.0. The molecule has 2 aromatic carbocycles. The number of aromatic nitrogens is 2. The lowest BCUT2D eigenvalue weighted by Gasteiger charge is -2.05. The molecule has 0 aliphatic rings. The summed E-state index contributed by atoms with van der Waals surface area (Å²) in [5.74, 6) is 0.758. The maximum atomic E-state index is 11.8. The predicted octanol–water partition coefficient (Wildman–Crippen LogP) is 4.49. The Morgan fingerprint density at radius 2 is 1.77 bits per heavy atom. The number of aromatic amines is 1. The van der Waals surface area contributed by atoms with E-state index in [4.69, 9.17) is 0 Å². The number of thioether (sulfide) groups is 1. The van der Waals surface area contributed by atoms with E-state index in [0.29, 0.717) is 10.9 Å². The lowest BCUT2D eigenvalue weighted by Crippen LogP contribution is -2.08. The van der Waals surface area contributed by atoms with Crippen molar-refractivity contribution in [3.8, 4) is 11.3 Å². The van der Waals surface area contributed by atoms with Crippen LogP contribution in [0.2, 0.25) is 0 Å². The highest BCUT2D eigenvalue weighted by Crippen LogP contribution is 2.22. The van der Waals surface area contributed by atoms with Gasteiger partial charge in [-0.1, -0.05) is 70.2 Å². The molecular formula is C17H13BrN2OS. The second-order valence-electron chi connectivity index (χ2n) is 4.72. The van der Waals surface area contributed by atoms with Crippen molar-refractivity contribution in [3.05, 3.63) is 81.1 Å². The van der Waals surface area contributed by atoms with Crippen molar-refractivity contribution in [2.45, 2.75) is 10.9 Å². The summed E-state index contributed by atoms with van der Waals surface area (Å²) < 4.78 is 1.05. The van der Waals surface area contributed by atoms with E-state index in [0.717, 1.165) is 15.8 Å². The Bertz CT molecular complexity index is 816. The molecule has 3 aromatic rings. The van der Waals surface area contributed by atoms with E-state index in [1.807, 2.05) is 42.5 Å². The molecule has 5 heteroatoms. The third-order valence-corrected chi connectivity index (χ3v) is 4.55. The molecule has 1 heterocycles. The third kappa shape index (κ3) is 3.87. The van der Waals surface area contributed by atoms with Crippen LogP contribution in [0.25, 0.3) is 11.3 Å². The largest absolute Gasteiger partial charge is 0.301 e. The van der Waals surface area contributed by atoms with Gasteiger partial charge in [-0.3, -0.25) is 4.79 Å². The number of benzene rings is 2. The summed E-state index contributed by atoms with van der Waals surface area (Å²) in [5.41, 5.74) is 2.69. The van der Waals surface area contributed by atoms with Crippen LogP contribution in [0.3, 0.4) is 0 Å². The Morgan fingerprint density at radius 1 is 1.05 bits per heavy atom. The first-order valence-electron chi connectivity index (χ1n) is 6.75. The van der Waals surface area contributed by atoms with Gasteiger partial charge in [0.2, 0.25) is 0 Å². The molecule has 0 radical (unpaired) electrons. The second-order valence-corrected chi connectivity index (χ2v) is 6.60. The highest BCUT2D eigenvalue weighted by Gasteiger charge is 2.05. The topological polar surface area (TPSA) is 45.8 Å². The molecule has 0 amide bonds. The van der Waals surface area contributed by atoms with Crippen LogP contribution in [0.1, 0.15) is 5.56 Å². The van der Waals surface area contributed by atoms with Gasteiger partial charge in [0.05, 0.1) is 5.69 Å². The molecule has 1 aromatic heterocycles. The Balaban J connectivity index is 1.81. The summed E-state index contributed by atoms with van der Waals surface area (Å²) in [5, 5.41) is 0.634. The molecule has 0 unspecified atom stereocenters. The van der Waals surface area contributed by atoms with Gasteiger partial charge in [-0.25, -0.2) is 4.98 Å². The van der Waals surface area contributed by atoms with Gasteiger partial charge >= 0.3 is 0 Å². The fourth-order valence-corrected chi connectivity index (χ4v) is 3.09. The van der Waals surface area contributed by atoms with Crippen molar-refractivity contribution in [2.75, 3.05) is 0 Å². The molecule has 0 aliphatic heterocycles. The molecule has 0 saturated carbocycles. The number of H-pyrrole nitrogens is 1. The maximum Gasteiger partial charge on any atom is 0.252 e. The molecule has 1 N–H and O–H groups in total. The zero-order chi connectivity index (χ0) is 15.4. The minimum absolute atomic E-state index is 0.132. The molecule has 0 aliphatic carbocycles. The van der Waals surface area contributed by atoms with Crippen LogP contribution >= 0.6 is 27.7 Å². The Kier molecular flexibility index (Phi) is 4.75. The van der Waals surface area contributed by atoms with Crippen molar-refractivity contribution < 1.29 is 0 Å². The van der Waals surface area contributed by atoms with Gasteiger partial charge in [0.15, 0.2) is 5.16 Å². The summed E-state index contributed by atoms with van der Waals surface area (Å²) in [4.78, 5) is 19.1. The second kappa shape index (κ2) is 6.94. The number of nitrogens with zero attached hydrogens (tertiary/aromatic N) is 1. The average molecular weight is 373 g/mol. The summed E-state index contributed by atoms with van der Waals surface area (Å²) in [6, 6.07) is 19.4. The molecule has 0 saturated heterocycles. The SMILES string of the molecule is O=c1cc(-c2ccccc2)nc(SCc2ccc(Br)cc2)[nH]1. The average Bonchev–Trinajstić information content (AvgIpc) is 2.55. The Labute approximate surface area is 141 Å². The van der Waals surface area contributed by atoms with Gasteiger partial charge in [-0.05, 0) is 17.7 Å². The van der Waals surface area contributed by atoms with Crippen LogP contribution in [-0.4, -0.2) is 9.97 Å². The minimum Gasteiger partial charge on any atom is -0.301 e. The molecule has 22 heavy (non-hydrogen) atoms. The van der Waals surface area contributed by atoms with Crippen LogP contribution in [-0.2, 0) is 5.75 Å². The lowest BCUT2D eigenvalue weighted by molar-refractivity contribution is 0.942. The molecule has 3 rings (SSSR count). The highest BCUT2D eigenvalue weighted by molar-refractivity contribution is 9.10. The summed E-state index contributed by atoms with van der Waals surface area (Å²) in [6.07, 6.45) is 0. The van der Waals surface area contributed by atoms with Crippen molar-refractivity contribution in [2.24, 2.45) is 0 Å². The maximum absolute atomic E-state index is 11.8. The first-order valence-corrected chi connectivity index (χ1v) is 8.52. The van der Waals surface area contributed by atoms with Crippen LogP contribution in [0.4, 0.5) is 0 Å². The lowest BCUT2D eigenvalue weighted by atomic mass is 10.1. The standard InChI is InChI=1S/C17H13BrN2OS/c18-14-8-6-12(7-9-14)11-22-17-19-15(10-16(21)20-17)13-4-2-1-3-5-13/h1-10H,11H2,(H,19,20,21). The van der Waals surface area contributed by atoms with Gasteiger partial charge in [-0.15, -0.1) is 0 Å². The van der Waals surface area contributed by atoms with E-state index >= 15 is 0 Å². The normalized spacial score (nSPS) is 10.6. The van der Waals surface area contributed by atoms with Crippen LogP contribution in [0, 0.1) is 0 Å². The summed E-state index contributed by atoms with van der Waals surface area (Å²) in [6.45, 7) is 0. The van der Waals surface area contributed by atoms with Gasteiger partial charge in [0.1, 0.15) is 0 Å². The Morgan fingerprint density at radius 3 is 2.50 bits per heavy atom. The van der Waals surface area contributed by atoms with E-state index in [9.17, 15) is 4.79 Å². The quantitative estimate of drug-likeness (QED) is 0.541. The molecule has 110 valence electrons. The minimum atomic E-state index is -0.132. The Hall–Kier alpha value is -1.85. The third-order valence-electron chi connectivity index (χ3n) is 3.08. The van der Waals surface area contributed by atoms with Gasteiger partial charge < -0.3 is 4.98 Å². The molecule has 0 spiro atoms. The number of hydrogen-bond donors (Lipinski definition) is 1. The zero-order valence-electron chi connectivity index (χ0n) is 11.6. The summed E-state index contributed by atoms with van der Waals surface area (Å²) >= 11 is 4.94. The highest BCUT2D eigenvalue weighted by atomic mass is 79.9. The van der Waals surface area contributed by atoms with Crippen LogP contribution in [0.15, 0.2) is 75.1 Å². The molecule has 3 nitrogen and oxygen atoms in total. The smallest absolute Gasteiger partial charge is 0.252 e. The van der Waals surface area contributed by atoms with E-state index < -0.39 is 0 Å². The number of hydrogen-bond acceptors (Lipinski definition) is 3. The van der Waals surface area contributed by atoms with E-state index in [2.05, 4.69) is 38.0 Å². The van der Waals surface area contributed by atoms with Gasteiger partial charge in [0, 0.05) is 21.9 Å². The number of rotatable bonds is 4. The molecule has 0 bridgehead atoms. The summed E-state index contributed by atoms with van der Waals surface area (Å²) in [7, 11) is 0. The van der Waals surface area contributed by atoms with Crippen molar-refractivity contribution in [1.29, 1.82) is 0 Å². The first kappa shape index (κ1) is 15.1. The van der Waals surface area contributed by atoms with Gasteiger partial charge in [-0.2, -0.15) is 0 Å². The fraction of sp³-hybridized carbons (Fsp3) is 0.0588. The van der Waals surface area contributed by atoms with Crippen LogP contribution < -0.4 is 5.56 Å². The van der Waals surface area contributed by atoms with E-state index in [-0.39, 0.29) is 5.56 Å². The van der Waals surface area contributed by atoms with Crippen LogP contribution in [0.5, 0.6) is 0 Å². The fourth-order valence-electron chi connectivity index (χ4n) is 1.99. The molecular weight excluding hydrogens is 360 g/mol. The van der Waals surface area contributed by atoms with Crippen molar-refractivity contribution in [1.82, 2.24) is 9.97 Å². The molecule has 0 atom stereocenters. The molecule has 0 fully saturated rings. The number of halogens is 1. The first-order chi connectivity index (χ1) is 10.7.